The third kappa shape index (κ3) is 4.45. The first-order valence-corrected chi connectivity index (χ1v) is 5.59. The van der Waals surface area contributed by atoms with Gasteiger partial charge in [0.25, 0.3) is 0 Å². The molecular weight excluding hydrogens is 200 g/mol. The predicted octanol–water partition coefficient (Wildman–Crippen LogP) is 1.84. The van der Waals surface area contributed by atoms with Crippen LogP contribution in [0.5, 0.6) is 0 Å². The molecular formula is C12H20N4. The second-order valence-corrected chi connectivity index (χ2v) is 4.95. The number of hydrogen-bond acceptors (Lipinski definition) is 3. The Morgan fingerprint density at radius 1 is 1.56 bits per heavy atom. The molecule has 4 nitrogen and oxygen atoms in total. The van der Waals surface area contributed by atoms with E-state index in [1.165, 1.54) is 5.56 Å². The van der Waals surface area contributed by atoms with Gasteiger partial charge in [-0.25, -0.2) is 0 Å². The molecule has 1 heterocycles. The van der Waals surface area contributed by atoms with E-state index in [0.717, 1.165) is 19.5 Å². The maximum atomic E-state index is 8.55. The van der Waals surface area contributed by atoms with Gasteiger partial charge in [0.1, 0.15) is 0 Å². The Labute approximate surface area is 97.3 Å². The number of nitriles is 1. The van der Waals surface area contributed by atoms with Gasteiger partial charge in [0.15, 0.2) is 0 Å². The molecule has 0 aliphatic carbocycles. The molecule has 0 radical (unpaired) electrons. The summed E-state index contributed by atoms with van der Waals surface area (Å²) in [7, 11) is 1.92. The maximum Gasteiger partial charge on any atom is 0.0621 e. The molecule has 1 N–H and O–H groups in total. The van der Waals surface area contributed by atoms with Crippen LogP contribution in [0, 0.1) is 16.7 Å². The summed E-state index contributed by atoms with van der Waals surface area (Å²) in [5.41, 5.74) is 1.37. The summed E-state index contributed by atoms with van der Waals surface area (Å²) in [5, 5.41) is 16.1. The largest absolute Gasteiger partial charge is 0.312 e. The topological polar surface area (TPSA) is 53.6 Å². The average molecular weight is 220 g/mol. The third-order valence-corrected chi connectivity index (χ3v) is 2.60. The lowest BCUT2D eigenvalue weighted by Gasteiger charge is -2.23. The molecule has 4 heteroatoms. The lowest BCUT2D eigenvalue weighted by molar-refractivity contribution is 0.317. The number of nitrogens with one attached hydrogen (secondary N) is 1. The first-order valence-electron chi connectivity index (χ1n) is 5.59. The Hall–Kier alpha value is -1.34. The molecule has 0 aromatic carbocycles. The van der Waals surface area contributed by atoms with E-state index in [4.69, 9.17) is 5.26 Å². The van der Waals surface area contributed by atoms with Gasteiger partial charge in [-0.2, -0.15) is 10.4 Å². The van der Waals surface area contributed by atoms with Crippen molar-refractivity contribution in [3.8, 4) is 6.07 Å². The lowest BCUT2D eigenvalue weighted by Crippen LogP contribution is -2.28. The van der Waals surface area contributed by atoms with Crippen LogP contribution in [0.1, 0.15) is 32.3 Å². The van der Waals surface area contributed by atoms with Crippen molar-refractivity contribution in [2.75, 3.05) is 6.54 Å². The SMILES string of the molecule is Cn1cc(CNCC(C)(C)CCC#N)cn1. The number of hydrogen-bond donors (Lipinski definition) is 1. The van der Waals surface area contributed by atoms with Gasteiger partial charge in [0.05, 0.1) is 12.3 Å². The Morgan fingerprint density at radius 3 is 2.88 bits per heavy atom. The van der Waals surface area contributed by atoms with Gasteiger partial charge >= 0.3 is 0 Å². The first kappa shape index (κ1) is 12.7. The van der Waals surface area contributed by atoms with E-state index in [-0.39, 0.29) is 5.41 Å². The summed E-state index contributed by atoms with van der Waals surface area (Å²) >= 11 is 0. The van der Waals surface area contributed by atoms with Gasteiger partial charge in [-0.3, -0.25) is 4.68 Å². The highest BCUT2D eigenvalue weighted by Crippen LogP contribution is 2.20. The van der Waals surface area contributed by atoms with E-state index < -0.39 is 0 Å². The van der Waals surface area contributed by atoms with Crippen LogP contribution in [0.3, 0.4) is 0 Å². The molecule has 1 aromatic rings. The molecule has 16 heavy (non-hydrogen) atoms. The molecule has 0 saturated carbocycles. The van der Waals surface area contributed by atoms with E-state index >= 15 is 0 Å². The molecule has 0 saturated heterocycles. The Morgan fingerprint density at radius 2 is 2.31 bits per heavy atom. The molecule has 88 valence electrons. The third-order valence-electron chi connectivity index (χ3n) is 2.60. The van der Waals surface area contributed by atoms with Gasteiger partial charge in [-0.05, 0) is 11.8 Å². The Kier molecular flexibility index (Phi) is 4.51. The molecule has 0 fully saturated rings. The van der Waals surface area contributed by atoms with Gasteiger partial charge in [-0.15, -0.1) is 0 Å². The quantitative estimate of drug-likeness (QED) is 0.796. The predicted molar refractivity (Wildman–Crippen MR) is 63.5 cm³/mol. The molecule has 0 amide bonds. The summed E-state index contributed by atoms with van der Waals surface area (Å²) in [4.78, 5) is 0. The van der Waals surface area contributed by atoms with E-state index in [9.17, 15) is 0 Å². The van der Waals surface area contributed by atoms with E-state index in [2.05, 4.69) is 30.3 Å². The van der Waals surface area contributed by atoms with Gasteiger partial charge < -0.3 is 5.32 Å². The second-order valence-electron chi connectivity index (χ2n) is 4.95. The van der Waals surface area contributed by atoms with Crippen molar-refractivity contribution in [1.82, 2.24) is 15.1 Å². The van der Waals surface area contributed by atoms with Crippen molar-refractivity contribution in [2.24, 2.45) is 12.5 Å². The van der Waals surface area contributed by atoms with E-state index in [0.29, 0.717) is 6.42 Å². The van der Waals surface area contributed by atoms with Crippen LogP contribution in [0.15, 0.2) is 12.4 Å². The standard InChI is InChI=1S/C12H20N4/c1-12(2,5-4-6-13)10-14-7-11-8-15-16(3)9-11/h8-9,14H,4-5,7,10H2,1-3H3. The van der Waals surface area contributed by atoms with Crippen LogP contribution in [0.2, 0.25) is 0 Å². The van der Waals surface area contributed by atoms with Crippen molar-refractivity contribution in [3.05, 3.63) is 18.0 Å². The monoisotopic (exact) mass is 220 g/mol. The highest BCUT2D eigenvalue weighted by Gasteiger charge is 2.16. The summed E-state index contributed by atoms with van der Waals surface area (Å²) in [5.74, 6) is 0. The van der Waals surface area contributed by atoms with Crippen LogP contribution < -0.4 is 5.32 Å². The fourth-order valence-electron chi connectivity index (χ4n) is 1.59. The fraction of sp³-hybridized carbons (Fsp3) is 0.667. The zero-order valence-electron chi connectivity index (χ0n) is 10.3. The Balaban J connectivity index is 2.27. The summed E-state index contributed by atoms with van der Waals surface area (Å²) in [6.07, 6.45) is 5.44. The van der Waals surface area contributed by atoms with Crippen molar-refractivity contribution in [1.29, 1.82) is 5.26 Å². The number of rotatable bonds is 6. The second kappa shape index (κ2) is 5.66. The zero-order valence-corrected chi connectivity index (χ0v) is 10.3. The minimum Gasteiger partial charge on any atom is -0.312 e. The lowest BCUT2D eigenvalue weighted by atomic mass is 9.88. The van der Waals surface area contributed by atoms with Crippen LogP contribution in [0.4, 0.5) is 0 Å². The van der Waals surface area contributed by atoms with Crippen molar-refractivity contribution in [2.45, 2.75) is 33.2 Å². The number of aromatic nitrogens is 2. The zero-order chi connectivity index (χ0) is 12.0. The Bertz CT molecular complexity index is 359. The molecule has 0 aliphatic rings. The molecule has 0 aliphatic heterocycles. The normalized spacial score (nSPS) is 11.4. The molecule has 0 spiro atoms. The molecule has 1 rings (SSSR count). The highest BCUT2D eigenvalue weighted by atomic mass is 15.2. The number of aryl methyl sites for hydroxylation is 1. The fourth-order valence-corrected chi connectivity index (χ4v) is 1.59. The van der Waals surface area contributed by atoms with E-state index in [1.54, 1.807) is 4.68 Å². The molecule has 0 atom stereocenters. The molecule has 1 aromatic heterocycles. The first-order chi connectivity index (χ1) is 7.53. The summed E-state index contributed by atoms with van der Waals surface area (Å²) in [6, 6.07) is 2.19. The van der Waals surface area contributed by atoms with Crippen LogP contribution >= 0.6 is 0 Å². The molecule has 0 bridgehead atoms. The maximum absolute atomic E-state index is 8.55. The highest BCUT2D eigenvalue weighted by molar-refractivity contribution is 5.02. The average Bonchev–Trinajstić information content (AvgIpc) is 2.61. The van der Waals surface area contributed by atoms with Gasteiger partial charge in [0.2, 0.25) is 0 Å². The van der Waals surface area contributed by atoms with Crippen LogP contribution in [-0.4, -0.2) is 16.3 Å². The minimum atomic E-state index is 0.179. The summed E-state index contributed by atoms with van der Waals surface area (Å²) in [6.45, 7) is 6.12. The number of nitrogens with zero attached hydrogens (tertiary/aromatic N) is 3. The van der Waals surface area contributed by atoms with Crippen LogP contribution in [0.25, 0.3) is 0 Å². The van der Waals surface area contributed by atoms with Crippen molar-refractivity contribution < 1.29 is 0 Å². The van der Waals surface area contributed by atoms with Crippen molar-refractivity contribution in [3.63, 3.8) is 0 Å². The van der Waals surface area contributed by atoms with Crippen LogP contribution in [-0.2, 0) is 13.6 Å². The van der Waals surface area contributed by atoms with Gasteiger partial charge in [-0.1, -0.05) is 13.8 Å². The van der Waals surface area contributed by atoms with E-state index in [1.807, 2.05) is 19.4 Å². The molecule has 0 unspecified atom stereocenters. The smallest absolute Gasteiger partial charge is 0.0621 e. The van der Waals surface area contributed by atoms with Gasteiger partial charge in [0, 0.05) is 38.3 Å². The minimum absolute atomic E-state index is 0.179. The van der Waals surface area contributed by atoms with Crippen molar-refractivity contribution >= 4 is 0 Å². The summed E-state index contributed by atoms with van der Waals surface area (Å²) < 4.78 is 1.80.